The lowest BCUT2D eigenvalue weighted by molar-refractivity contribution is 0.0945. The van der Waals surface area contributed by atoms with Crippen LogP contribution in [-0.4, -0.2) is 17.4 Å². The summed E-state index contributed by atoms with van der Waals surface area (Å²) in [5.41, 5.74) is 1.64. The Morgan fingerprint density at radius 2 is 2.05 bits per heavy atom. The van der Waals surface area contributed by atoms with Gasteiger partial charge in [-0.15, -0.1) is 0 Å². The number of hydrogen-bond acceptors (Lipinski definition) is 3. The van der Waals surface area contributed by atoms with E-state index in [4.69, 9.17) is 0 Å². The van der Waals surface area contributed by atoms with Gasteiger partial charge in [0, 0.05) is 18.7 Å². The first kappa shape index (κ1) is 15.0. The van der Waals surface area contributed by atoms with Gasteiger partial charge in [-0.2, -0.15) is 0 Å². The molecule has 0 atom stereocenters. The molecule has 0 aliphatic carbocycles. The summed E-state index contributed by atoms with van der Waals surface area (Å²) < 4.78 is 13.4. The maximum atomic E-state index is 13.4. The van der Waals surface area contributed by atoms with Crippen molar-refractivity contribution in [2.45, 2.75) is 19.9 Å². The molecule has 1 amide bonds. The van der Waals surface area contributed by atoms with Gasteiger partial charge in [-0.1, -0.05) is 25.1 Å². The summed E-state index contributed by atoms with van der Waals surface area (Å²) >= 11 is 0. The molecule has 0 unspecified atom stereocenters. The number of benzene rings is 1. The fourth-order valence-corrected chi connectivity index (χ4v) is 1.81. The topological polar surface area (TPSA) is 54.0 Å². The Bertz CT molecular complexity index is 599. The highest BCUT2D eigenvalue weighted by atomic mass is 19.1. The minimum atomic E-state index is -0.329. The van der Waals surface area contributed by atoms with E-state index in [1.165, 1.54) is 6.07 Å². The monoisotopic (exact) mass is 287 g/mol. The van der Waals surface area contributed by atoms with Gasteiger partial charge in [0.2, 0.25) is 0 Å². The zero-order valence-corrected chi connectivity index (χ0v) is 11.9. The van der Waals surface area contributed by atoms with Crippen molar-refractivity contribution in [2.75, 3.05) is 11.9 Å². The van der Waals surface area contributed by atoms with Gasteiger partial charge < -0.3 is 10.6 Å². The van der Waals surface area contributed by atoms with Crippen LogP contribution in [-0.2, 0) is 6.54 Å². The molecule has 0 fully saturated rings. The zero-order valence-electron chi connectivity index (χ0n) is 11.9. The molecule has 2 aromatic rings. The molecule has 0 spiro atoms. The van der Waals surface area contributed by atoms with Gasteiger partial charge in [0.05, 0.1) is 11.9 Å². The number of aromatic nitrogens is 1. The van der Waals surface area contributed by atoms with E-state index in [0.29, 0.717) is 11.3 Å². The average molecular weight is 287 g/mol. The molecule has 2 rings (SSSR count). The molecule has 110 valence electrons. The van der Waals surface area contributed by atoms with E-state index < -0.39 is 0 Å². The van der Waals surface area contributed by atoms with Gasteiger partial charge >= 0.3 is 0 Å². The van der Waals surface area contributed by atoms with Crippen LogP contribution < -0.4 is 10.6 Å². The summed E-state index contributed by atoms with van der Waals surface area (Å²) in [6, 6.07) is 9.81. The molecule has 0 radical (unpaired) electrons. The maximum absolute atomic E-state index is 13.4. The van der Waals surface area contributed by atoms with Crippen LogP contribution in [0.5, 0.6) is 0 Å². The SMILES string of the molecule is CCCNc1ccc(C(=O)NCc2ccccc2F)nc1. The van der Waals surface area contributed by atoms with Crippen molar-refractivity contribution in [2.24, 2.45) is 0 Å². The number of hydrogen-bond donors (Lipinski definition) is 2. The quantitative estimate of drug-likeness (QED) is 0.859. The standard InChI is InChI=1S/C16H18FN3O/c1-2-9-18-13-7-8-15(19-11-13)16(21)20-10-12-5-3-4-6-14(12)17/h3-8,11,18H,2,9-10H2,1H3,(H,20,21). The highest BCUT2D eigenvalue weighted by Gasteiger charge is 2.08. The van der Waals surface area contributed by atoms with Gasteiger partial charge in [-0.25, -0.2) is 9.37 Å². The van der Waals surface area contributed by atoms with Gasteiger partial charge in [0.1, 0.15) is 11.5 Å². The van der Waals surface area contributed by atoms with Crippen LogP contribution in [0.4, 0.5) is 10.1 Å². The van der Waals surface area contributed by atoms with Gasteiger partial charge in [-0.05, 0) is 24.6 Å². The van der Waals surface area contributed by atoms with E-state index >= 15 is 0 Å². The van der Waals surface area contributed by atoms with Crippen LogP contribution in [0, 0.1) is 5.82 Å². The largest absolute Gasteiger partial charge is 0.384 e. The summed E-state index contributed by atoms with van der Waals surface area (Å²) in [6.45, 7) is 3.08. The fourth-order valence-electron chi connectivity index (χ4n) is 1.81. The van der Waals surface area contributed by atoms with Crippen LogP contribution in [0.2, 0.25) is 0 Å². The summed E-state index contributed by atoms with van der Waals surface area (Å²) in [5, 5.41) is 5.84. The zero-order chi connectivity index (χ0) is 15.1. The van der Waals surface area contributed by atoms with Crippen LogP contribution in [0.1, 0.15) is 29.4 Å². The first-order valence-corrected chi connectivity index (χ1v) is 6.92. The van der Waals surface area contributed by atoms with E-state index in [1.54, 1.807) is 36.5 Å². The van der Waals surface area contributed by atoms with Crippen molar-refractivity contribution < 1.29 is 9.18 Å². The highest BCUT2D eigenvalue weighted by molar-refractivity contribution is 5.92. The van der Waals surface area contributed by atoms with Crippen LogP contribution in [0.15, 0.2) is 42.6 Å². The second-order valence-corrected chi connectivity index (χ2v) is 4.63. The van der Waals surface area contributed by atoms with E-state index in [-0.39, 0.29) is 18.3 Å². The van der Waals surface area contributed by atoms with Crippen molar-refractivity contribution >= 4 is 11.6 Å². The normalized spacial score (nSPS) is 10.2. The van der Waals surface area contributed by atoms with Gasteiger partial charge in [0.25, 0.3) is 5.91 Å². The molecule has 0 bridgehead atoms. The number of pyridine rings is 1. The molecular weight excluding hydrogens is 269 g/mol. The Morgan fingerprint density at radius 3 is 2.71 bits per heavy atom. The molecule has 21 heavy (non-hydrogen) atoms. The summed E-state index contributed by atoms with van der Waals surface area (Å²) in [5.74, 6) is -0.648. The lowest BCUT2D eigenvalue weighted by Crippen LogP contribution is -2.24. The Balaban J connectivity index is 1.93. The Hall–Kier alpha value is -2.43. The first-order valence-electron chi connectivity index (χ1n) is 6.92. The summed E-state index contributed by atoms with van der Waals surface area (Å²) in [6.07, 6.45) is 2.64. The third-order valence-electron chi connectivity index (χ3n) is 2.97. The van der Waals surface area contributed by atoms with Crippen molar-refractivity contribution in [3.05, 3.63) is 59.7 Å². The Labute approximate surface area is 123 Å². The minimum absolute atomic E-state index is 0.142. The lowest BCUT2D eigenvalue weighted by Gasteiger charge is -2.07. The van der Waals surface area contributed by atoms with E-state index in [9.17, 15) is 9.18 Å². The average Bonchev–Trinajstić information content (AvgIpc) is 2.52. The fraction of sp³-hybridized carbons (Fsp3) is 0.250. The summed E-state index contributed by atoms with van der Waals surface area (Å²) in [4.78, 5) is 16.0. The van der Waals surface area contributed by atoms with Crippen molar-refractivity contribution in [1.29, 1.82) is 0 Å². The molecular formula is C16H18FN3O. The first-order chi connectivity index (χ1) is 10.2. The van der Waals surface area contributed by atoms with Gasteiger partial charge in [0.15, 0.2) is 0 Å². The van der Waals surface area contributed by atoms with Crippen LogP contribution in [0.3, 0.4) is 0 Å². The van der Waals surface area contributed by atoms with Crippen LogP contribution in [0.25, 0.3) is 0 Å². The van der Waals surface area contributed by atoms with Crippen molar-refractivity contribution in [3.8, 4) is 0 Å². The Morgan fingerprint density at radius 1 is 1.24 bits per heavy atom. The van der Waals surface area contributed by atoms with Crippen molar-refractivity contribution in [3.63, 3.8) is 0 Å². The number of nitrogens with zero attached hydrogens (tertiary/aromatic N) is 1. The van der Waals surface area contributed by atoms with E-state index in [2.05, 4.69) is 22.5 Å². The van der Waals surface area contributed by atoms with E-state index in [1.807, 2.05) is 0 Å². The number of rotatable bonds is 6. The summed E-state index contributed by atoms with van der Waals surface area (Å²) in [7, 11) is 0. The Kier molecular flexibility index (Phi) is 5.26. The third kappa shape index (κ3) is 4.27. The number of carbonyl (C=O) groups is 1. The second kappa shape index (κ2) is 7.38. The molecule has 4 nitrogen and oxygen atoms in total. The number of nitrogens with one attached hydrogen (secondary N) is 2. The molecule has 0 saturated heterocycles. The predicted octanol–water partition coefficient (Wildman–Crippen LogP) is 2.97. The highest BCUT2D eigenvalue weighted by Crippen LogP contribution is 2.08. The number of anilines is 1. The molecule has 2 N–H and O–H groups in total. The second-order valence-electron chi connectivity index (χ2n) is 4.63. The molecule has 1 aromatic carbocycles. The smallest absolute Gasteiger partial charge is 0.270 e. The van der Waals surface area contributed by atoms with Crippen LogP contribution >= 0.6 is 0 Å². The minimum Gasteiger partial charge on any atom is -0.384 e. The maximum Gasteiger partial charge on any atom is 0.270 e. The van der Waals surface area contributed by atoms with E-state index in [0.717, 1.165) is 18.7 Å². The number of halogens is 1. The third-order valence-corrected chi connectivity index (χ3v) is 2.97. The molecule has 5 heteroatoms. The molecule has 1 aromatic heterocycles. The number of carbonyl (C=O) groups excluding carboxylic acids is 1. The molecule has 0 aliphatic heterocycles. The van der Waals surface area contributed by atoms with Gasteiger partial charge in [-0.3, -0.25) is 4.79 Å². The molecule has 0 aliphatic rings. The lowest BCUT2D eigenvalue weighted by atomic mass is 10.2. The van der Waals surface area contributed by atoms with Crippen molar-refractivity contribution in [1.82, 2.24) is 10.3 Å². The number of amides is 1. The predicted molar refractivity (Wildman–Crippen MR) is 80.6 cm³/mol. The molecule has 1 heterocycles. The molecule has 0 saturated carbocycles.